The van der Waals surface area contributed by atoms with Gasteiger partial charge in [0.05, 0.1) is 16.0 Å². The first kappa shape index (κ1) is 15.7. The van der Waals surface area contributed by atoms with E-state index < -0.39 is 10.8 Å². The minimum absolute atomic E-state index is 0.284. The molecular weight excluding hydrogens is 266 g/mol. The summed E-state index contributed by atoms with van der Waals surface area (Å²) in [6.45, 7) is 7.59. The lowest BCUT2D eigenvalue weighted by molar-refractivity contribution is 0.523. The van der Waals surface area contributed by atoms with Gasteiger partial charge in [-0.25, -0.2) is 0 Å². The molecule has 3 unspecified atom stereocenters. The zero-order valence-corrected chi connectivity index (χ0v) is 13.7. The van der Waals surface area contributed by atoms with Gasteiger partial charge in [-0.3, -0.25) is 4.21 Å². The number of hydrogen-bond acceptors (Lipinski definition) is 2. The van der Waals surface area contributed by atoms with Crippen molar-refractivity contribution in [1.29, 1.82) is 0 Å². The second-order valence-corrected chi connectivity index (χ2v) is 7.72. The van der Waals surface area contributed by atoms with Crippen molar-refractivity contribution in [2.24, 2.45) is 0 Å². The van der Waals surface area contributed by atoms with Crippen LogP contribution in [0, 0.1) is 0 Å². The van der Waals surface area contributed by atoms with Gasteiger partial charge in [0.2, 0.25) is 0 Å². The normalized spacial score (nSPS) is 24.2. The van der Waals surface area contributed by atoms with Crippen LogP contribution < -0.4 is 5.32 Å². The molecule has 0 radical (unpaired) electrons. The third-order valence-corrected chi connectivity index (χ3v) is 6.01. The van der Waals surface area contributed by atoms with Crippen LogP contribution in [0.15, 0.2) is 29.2 Å². The summed E-state index contributed by atoms with van der Waals surface area (Å²) < 4.78 is 12.8. The average Bonchev–Trinajstić information content (AvgIpc) is 2.92. The molecule has 1 aromatic carbocycles. The minimum atomic E-state index is -0.876. The summed E-state index contributed by atoms with van der Waals surface area (Å²) >= 11 is 0. The highest BCUT2D eigenvalue weighted by atomic mass is 32.2. The zero-order valence-electron chi connectivity index (χ0n) is 12.9. The Hall–Kier alpha value is -0.670. The van der Waals surface area contributed by atoms with Crippen LogP contribution >= 0.6 is 0 Å². The second-order valence-electron chi connectivity index (χ2n) is 6.05. The van der Waals surface area contributed by atoms with Crippen LogP contribution in [-0.2, 0) is 10.8 Å². The van der Waals surface area contributed by atoms with Gasteiger partial charge in [-0.15, -0.1) is 0 Å². The lowest BCUT2D eigenvalue weighted by atomic mass is 10.0. The predicted molar refractivity (Wildman–Crippen MR) is 86.7 cm³/mol. The molecule has 0 heterocycles. The highest BCUT2D eigenvalue weighted by molar-refractivity contribution is 7.85. The van der Waals surface area contributed by atoms with Crippen LogP contribution in [-0.4, -0.2) is 22.0 Å². The maximum atomic E-state index is 12.8. The molecule has 0 spiro atoms. The van der Waals surface area contributed by atoms with Gasteiger partial charge in [-0.2, -0.15) is 0 Å². The molecule has 1 N–H and O–H groups in total. The molecule has 0 saturated heterocycles. The molecule has 112 valence electrons. The molecule has 1 fully saturated rings. The van der Waals surface area contributed by atoms with Gasteiger partial charge >= 0.3 is 0 Å². The second kappa shape index (κ2) is 7.37. The maximum Gasteiger partial charge on any atom is 0.0576 e. The number of hydrogen-bond donors (Lipinski definition) is 1. The maximum absolute atomic E-state index is 12.8. The van der Waals surface area contributed by atoms with Gasteiger partial charge < -0.3 is 5.32 Å². The van der Waals surface area contributed by atoms with Gasteiger partial charge in [0.25, 0.3) is 0 Å². The van der Waals surface area contributed by atoms with Crippen LogP contribution in [0.25, 0.3) is 0 Å². The lowest BCUT2D eigenvalue weighted by Gasteiger charge is -2.20. The lowest BCUT2D eigenvalue weighted by Crippen LogP contribution is -2.38. The Labute approximate surface area is 125 Å². The Morgan fingerprint density at radius 3 is 2.55 bits per heavy atom. The first-order chi connectivity index (χ1) is 9.63. The summed E-state index contributed by atoms with van der Waals surface area (Å²) in [4.78, 5) is 0.990. The molecule has 2 rings (SSSR count). The third kappa shape index (κ3) is 3.70. The smallest absolute Gasteiger partial charge is 0.0576 e. The van der Waals surface area contributed by atoms with Crippen LogP contribution in [0.4, 0.5) is 0 Å². The van der Waals surface area contributed by atoms with Crippen LogP contribution in [0.1, 0.15) is 57.9 Å². The Balaban J connectivity index is 2.06. The summed E-state index contributed by atoms with van der Waals surface area (Å²) in [7, 11) is -0.876. The van der Waals surface area contributed by atoms with E-state index >= 15 is 0 Å². The average molecular weight is 293 g/mol. The molecular formula is C17H27NOS. The van der Waals surface area contributed by atoms with Crippen molar-refractivity contribution in [1.82, 2.24) is 5.32 Å². The Morgan fingerprint density at radius 1 is 1.25 bits per heavy atom. The molecule has 0 aromatic heterocycles. The Bertz CT molecular complexity index is 441. The molecule has 1 aromatic rings. The van der Waals surface area contributed by atoms with Crippen LogP contribution in [0.5, 0.6) is 0 Å². The fourth-order valence-electron chi connectivity index (χ4n) is 2.91. The molecule has 0 aliphatic heterocycles. The van der Waals surface area contributed by atoms with Gasteiger partial charge in [0.1, 0.15) is 0 Å². The Morgan fingerprint density at radius 2 is 1.95 bits per heavy atom. The van der Waals surface area contributed by atoms with Crippen molar-refractivity contribution in [3.8, 4) is 0 Å². The number of benzene rings is 1. The molecule has 1 aliphatic rings. The fourth-order valence-corrected chi connectivity index (χ4v) is 4.57. The molecule has 20 heavy (non-hydrogen) atoms. The van der Waals surface area contributed by atoms with E-state index in [1.54, 1.807) is 0 Å². The highest BCUT2D eigenvalue weighted by Crippen LogP contribution is 2.28. The summed E-state index contributed by atoms with van der Waals surface area (Å²) in [6.07, 6.45) is 4.58. The summed E-state index contributed by atoms with van der Waals surface area (Å²) in [6, 6.07) is 8.80. The van der Waals surface area contributed by atoms with Crippen LogP contribution in [0.3, 0.4) is 0 Å². The quantitative estimate of drug-likeness (QED) is 0.863. The molecule has 3 heteroatoms. The van der Waals surface area contributed by atoms with Gasteiger partial charge in [0, 0.05) is 10.9 Å². The van der Waals surface area contributed by atoms with Crippen LogP contribution in [0.2, 0.25) is 0 Å². The summed E-state index contributed by atoms with van der Waals surface area (Å²) in [5.74, 6) is 0.530. The number of nitrogens with one attached hydrogen (secondary N) is 1. The molecule has 2 nitrogen and oxygen atoms in total. The van der Waals surface area contributed by atoms with E-state index in [2.05, 4.69) is 50.4 Å². The molecule has 0 amide bonds. The zero-order chi connectivity index (χ0) is 14.5. The predicted octanol–water partition coefficient (Wildman–Crippen LogP) is 3.84. The highest BCUT2D eigenvalue weighted by Gasteiger charge is 2.32. The van der Waals surface area contributed by atoms with E-state index in [-0.39, 0.29) is 5.25 Å². The van der Waals surface area contributed by atoms with E-state index in [4.69, 9.17) is 0 Å². The molecule has 0 bridgehead atoms. The van der Waals surface area contributed by atoms with E-state index in [1.165, 1.54) is 18.4 Å². The topological polar surface area (TPSA) is 29.1 Å². The summed E-state index contributed by atoms with van der Waals surface area (Å²) in [5.41, 5.74) is 1.32. The van der Waals surface area contributed by atoms with E-state index in [0.717, 1.165) is 24.3 Å². The first-order valence-corrected chi connectivity index (χ1v) is 9.08. The van der Waals surface area contributed by atoms with E-state index in [9.17, 15) is 4.21 Å². The van der Waals surface area contributed by atoms with Crippen molar-refractivity contribution in [2.45, 2.75) is 68.6 Å². The van der Waals surface area contributed by atoms with Crippen molar-refractivity contribution >= 4 is 10.8 Å². The SMILES string of the molecule is CCCNC1CCCC1S(=O)c1ccc(C(C)C)cc1. The van der Waals surface area contributed by atoms with Crippen molar-refractivity contribution in [2.75, 3.05) is 6.54 Å². The van der Waals surface area contributed by atoms with Gasteiger partial charge in [-0.1, -0.05) is 39.3 Å². The van der Waals surface area contributed by atoms with E-state index in [0.29, 0.717) is 12.0 Å². The van der Waals surface area contributed by atoms with Gasteiger partial charge in [0.15, 0.2) is 0 Å². The van der Waals surface area contributed by atoms with Crippen molar-refractivity contribution in [3.63, 3.8) is 0 Å². The minimum Gasteiger partial charge on any atom is -0.313 e. The molecule has 3 atom stereocenters. The van der Waals surface area contributed by atoms with Crippen molar-refractivity contribution < 1.29 is 4.21 Å². The third-order valence-electron chi connectivity index (χ3n) is 4.16. The van der Waals surface area contributed by atoms with E-state index in [1.807, 2.05) is 0 Å². The first-order valence-electron chi connectivity index (χ1n) is 7.87. The largest absolute Gasteiger partial charge is 0.313 e. The molecule has 1 aliphatic carbocycles. The Kier molecular flexibility index (Phi) is 5.79. The standard InChI is InChI=1S/C17H27NOS/c1-4-12-18-16-6-5-7-17(16)20(19)15-10-8-14(9-11-15)13(2)3/h8-11,13,16-18H,4-7,12H2,1-3H3. The molecule has 1 saturated carbocycles. The monoisotopic (exact) mass is 293 g/mol. The number of rotatable bonds is 6. The van der Waals surface area contributed by atoms with Crippen molar-refractivity contribution in [3.05, 3.63) is 29.8 Å². The van der Waals surface area contributed by atoms with Gasteiger partial charge in [-0.05, 0) is 49.4 Å². The fraction of sp³-hybridized carbons (Fsp3) is 0.647. The summed E-state index contributed by atoms with van der Waals surface area (Å²) in [5, 5.41) is 3.85.